The summed E-state index contributed by atoms with van der Waals surface area (Å²) < 4.78 is 4.86. The van der Waals surface area contributed by atoms with E-state index in [-0.39, 0.29) is 36.1 Å². The molecule has 3 saturated heterocycles. The normalized spacial score (nSPS) is 25.1. The van der Waals surface area contributed by atoms with Gasteiger partial charge < -0.3 is 24.5 Å². The molecule has 3 fully saturated rings. The second kappa shape index (κ2) is 13.2. The molecule has 3 aliphatic heterocycles. The number of aryl methyl sites for hydroxylation is 2. The van der Waals surface area contributed by atoms with Crippen LogP contribution >= 0.6 is 11.8 Å². The average Bonchev–Trinajstić information content (AvgIpc) is 3.66. The number of fused-ring (bicyclic) bond motifs is 1. The molecule has 0 saturated carbocycles. The number of aliphatic hydroxyl groups excluding tert-OH is 1. The fourth-order valence-corrected chi connectivity index (χ4v) is 9.52. The first-order valence-corrected chi connectivity index (χ1v) is 16.3. The van der Waals surface area contributed by atoms with Crippen molar-refractivity contribution in [3.05, 3.63) is 78.9 Å². The molecule has 9 heteroatoms. The van der Waals surface area contributed by atoms with E-state index in [0.717, 1.165) is 29.0 Å². The summed E-state index contributed by atoms with van der Waals surface area (Å²) in [7, 11) is 0. The van der Waals surface area contributed by atoms with E-state index >= 15 is 0 Å². The van der Waals surface area contributed by atoms with E-state index in [4.69, 9.17) is 4.74 Å². The number of hydrogen-bond donors (Lipinski definition) is 1. The zero-order valence-corrected chi connectivity index (χ0v) is 26.7. The standard InChI is InChI=1S/C35H43N3O5S/c1-6-18-36(25-12-14-26(15-13-25)43-8-3)32(40)29-28-16-17-35(44-28)30(29)33(41)38(20-9-21-39)31(35)34(42)37(19-7-2)27-22-23(4)10-11-24(27)5/h6-7,10-15,22,28-31,39H,1-2,8-9,16-21H2,3-5H3/t28-,29+,30+,31?,35?/m1/s1. The van der Waals surface area contributed by atoms with Crippen LogP contribution in [-0.2, 0) is 14.4 Å². The lowest BCUT2D eigenvalue weighted by Crippen LogP contribution is -2.55. The first kappa shape index (κ1) is 31.9. The molecule has 0 aliphatic carbocycles. The number of thioether (sulfide) groups is 1. The second-order valence-corrected chi connectivity index (χ2v) is 13.5. The molecule has 2 aromatic carbocycles. The Balaban J connectivity index is 1.54. The highest BCUT2D eigenvalue weighted by Crippen LogP contribution is 2.67. The summed E-state index contributed by atoms with van der Waals surface area (Å²) in [6.07, 6.45) is 5.18. The van der Waals surface area contributed by atoms with Gasteiger partial charge in [-0.05, 0) is 81.5 Å². The monoisotopic (exact) mass is 617 g/mol. The second-order valence-electron chi connectivity index (χ2n) is 11.9. The molecule has 0 aromatic heterocycles. The molecule has 1 spiro atoms. The van der Waals surface area contributed by atoms with Gasteiger partial charge in [-0.2, -0.15) is 0 Å². The quantitative estimate of drug-likeness (QED) is 0.321. The Labute approximate surface area is 264 Å². The molecule has 2 unspecified atom stereocenters. The number of aliphatic hydroxyl groups is 1. The van der Waals surface area contributed by atoms with E-state index in [2.05, 4.69) is 13.2 Å². The Morgan fingerprint density at radius 2 is 1.80 bits per heavy atom. The van der Waals surface area contributed by atoms with Gasteiger partial charge in [-0.25, -0.2) is 0 Å². The lowest BCUT2D eigenvalue weighted by Gasteiger charge is -2.38. The first-order valence-electron chi connectivity index (χ1n) is 15.5. The summed E-state index contributed by atoms with van der Waals surface area (Å²) in [5, 5.41) is 9.66. The number of likely N-dealkylation sites (tertiary alicyclic amines) is 1. The predicted molar refractivity (Wildman–Crippen MR) is 176 cm³/mol. The van der Waals surface area contributed by atoms with Crippen molar-refractivity contribution in [2.24, 2.45) is 11.8 Å². The van der Waals surface area contributed by atoms with Crippen LogP contribution in [0.4, 0.5) is 11.4 Å². The molecule has 2 aromatic rings. The molecule has 1 N–H and O–H groups in total. The summed E-state index contributed by atoms with van der Waals surface area (Å²) >= 11 is 1.65. The number of amides is 3. The minimum atomic E-state index is -0.752. The maximum absolute atomic E-state index is 14.8. The van der Waals surface area contributed by atoms with E-state index in [0.29, 0.717) is 38.2 Å². The van der Waals surface area contributed by atoms with Crippen LogP contribution in [0.15, 0.2) is 67.8 Å². The number of hydrogen-bond acceptors (Lipinski definition) is 6. The molecule has 234 valence electrons. The number of rotatable bonds is 13. The van der Waals surface area contributed by atoms with Crippen LogP contribution in [0, 0.1) is 25.7 Å². The summed E-state index contributed by atoms with van der Waals surface area (Å²) in [6.45, 7) is 15.0. The van der Waals surface area contributed by atoms with Crippen molar-refractivity contribution in [3.8, 4) is 5.75 Å². The zero-order chi connectivity index (χ0) is 31.6. The molecule has 8 nitrogen and oxygen atoms in total. The number of nitrogens with zero attached hydrogens (tertiary/aromatic N) is 3. The minimum Gasteiger partial charge on any atom is -0.494 e. The predicted octanol–water partition coefficient (Wildman–Crippen LogP) is 4.91. The van der Waals surface area contributed by atoms with Crippen molar-refractivity contribution >= 4 is 40.9 Å². The summed E-state index contributed by atoms with van der Waals surface area (Å²) in [6, 6.07) is 12.7. The third kappa shape index (κ3) is 5.45. The van der Waals surface area contributed by atoms with Crippen molar-refractivity contribution < 1.29 is 24.2 Å². The number of carbonyl (C=O) groups excluding carboxylic acids is 3. The summed E-state index contributed by atoms with van der Waals surface area (Å²) in [5.41, 5.74) is 3.49. The van der Waals surface area contributed by atoms with E-state index in [9.17, 15) is 19.5 Å². The number of benzene rings is 2. The lowest BCUT2D eigenvalue weighted by atomic mass is 9.70. The molecule has 2 bridgehead atoms. The van der Waals surface area contributed by atoms with Gasteiger partial charge in [0.2, 0.25) is 11.8 Å². The van der Waals surface area contributed by atoms with Gasteiger partial charge in [0.15, 0.2) is 0 Å². The highest BCUT2D eigenvalue weighted by atomic mass is 32.2. The minimum absolute atomic E-state index is 0.0738. The molecule has 3 heterocycles. The molecule has 3 aliphatic rings. The van der Waals surface area contributed by atoms with Crippen LogP contribution in [0.1, 0.15) is 37.3 Å². The SMILES string of the molecule is C=CCN(C(=O)[C@@H]1[C@H]2C(=O)N(CCCO)C(C(=O)N(CC=C)c3cc(C)ccc3C)C23CC[C@H]1S3)c1ccc(OCC)cc1. The Hall–Kier alpha value is -3.56. The van der Waals surface area contributed by atoms with Crippen LogP contribution in [0.2, 0.25) is 0 Å². The number of ether oxygens (including phenoxy) is 1. The van der Waals surface area contributed by atoms with Gasteiger partial charge in [0.25, 0.3) is 5.91 Å². The number of carbonyl (C=O) groups is 3. The molecule has 44 heavy (non-hydrogen) atoms. The van der Waals surface area contributed by atoms with E-state index < -0.39 is 22.6 Å². The molecule has 0 radical (unpaired) electrons. The smallest absolute Gasteiger partial charge is 0.251 e. The topological polar surface area (TPSA) is 90.4 Å². The van der Waals surface area contributed by atoms with Crippen molar-refractivity contribution in [1.29, 1.82) is 0 Å². The van der Waals surface area contributed by atoms with Crippen molar-refractivity contribution in [2.45, 2.75) is 56.1 Å². The van der Waals surface area contributed by atoms with Gasteiger partial charge in [0, 0.05) is 42.9 Å². The van der Waals surface area contributed by atoms with Crippen LogP contribution in [-0.4, -0.2) is 76.6 Å². The Morgan fingerprint density at radius 3 is 2.45 bits per heavy atom. The highest BCUT2D eigenvalue weighted by Gasteiger charge is 2.74. The van der Waals surface area contributed by atoms with Crippen LogP contribution in [0.5, 0.6) is 5.75 Å². The maximum atomic E-state index is 14.8. The zero-order valence-electron chi connectivity index (χ0n) is 25.9. The molecule has 5 rings (SSSR count). The van der Waals surface area contributed by atoms with Crippen LogP contribution in [0.25, 0.3) is 0 Å². The van der Waals surface area contributed by atoms with Crippen molar-refractivity contribution in [3.63, 3.8) is 0 Å². The first-order chi connectivity index (χ1) is 21.2. The molecular weight excluding hydrogens is 574 g/mol. The summed E-state index contributed by atoms with van der Waals surface area (Å²) in [5.74, 6) is -0.949. The average molecular weight is 618 g/mol. The number of anilines is 2. The molecule has 5 atom stereocenters. The largest absolute Gasteiger partial charge is 0.494 e. The Bertz CT molecular complexity index is 1430. The molecule has 3 amide bonds. The van der Waals surface area contributed by atoms with E-state index in [1.54, 1.807) is 38.6 Å². The van der Waals surface area contributed by atoms with Gasteiger partial charge in [0.1, 0.15) is 11.8 Å². The third-order valence-corrected chi connectivity index (χ3v) is 11.1. The van der Waals surface area contributed by atoms with Gasteiger partial charge >= 0.3 is 0 Å². The Kier molecular flexibility index (Phi) is 9.56. The van der Waals surface area contributed by atoms with Gasteiger partial charge in [-0.15, -0.1) is 24.9 Å². The fraction of sp³-hybridized carbons (Fsp3) is 0.457. The van der Waals surface area contributed by atoms with Crippen molar-refractivity contribution in [2.75, 3.05) is 42.6 Å². The maximum Gasteiger partial charge on any atom is 0.251 e. The van der Waals surface area contributed by atoms with Gasteiger partial charge in [0.05, 0.1) is 23.2 Å². The van der Waals surface area contributed by atoms with Crippen molar-refractivity contribution in [1.82, 2.24) is 4.90 Å². The van der Waals surface area contributed by atoms with E-state index in [1.165, 1.54) is 0 Å². The highest BCUT2D eigenvalue weighted by molar-refractivity contribution is 8.02. The summed E-state index contributed by atoms with van der Waals surface area (Å²) in [4.78, 5) is 48.7. The fourth-order valence-electron chi connectivity index (χ4n) is 7.31. The Morgan fingerprint density at radius 1 is 1.09 bits per heavy atom. The van der Waals surface area contributed by atoms with E-state index in [1.807, 2.05) is 63.2 Å². The van der Waals surface area contributed by atoms with Crippen LogP contribution in [0.3, 0.4) is 0 Å². The van der Waals surface area contributed by atoms with Gasteiger partial charge in [-0.3, -0.25) is 14.4 Å². The lowest BCUT2D eigenvalue weighted by molar-refractivity contribution is -0.139. The third-order valence-electron chi connectivity index (χ3n) is 9.15. The van der Waals surface area contributed by atoms with Gasteiger partial charge in [-0.1, -0.05) is 24.3 Å². The molecular formula is C35H43N3O5S. The van der Waals surface area contributed by atoms with Crippen LogP contribution < -0.4 is 14.5 Å².